The molecule has 6 heterocycles. The molecule has 0 radical (unpaired) electrons. The van der Waals surface area contributed by atoms with E-state index in [2.05, 4.69) is 51.8 Å². The number of halogens is 6. The van der Waals surface area contributed by atoms with E-state index >= 15 is 0 Å². The van der Waals surface area contributed by atoms with Crippen LogP contribution in [0.5, 0.6) is 0 Å². The molecule has 2 saturated heterocycles. The summed E-state index contributed by atoms with van der Waals surface area (Å²) in [6.45, 7) is 13.7. The van der Waals surface area contributed by atoms with Gasteiger partial charge in [0.2, 0.25) is 6.29 Å². The number of hydrogen-bond donors (Lipinski definition) is 0. The fraction of sp³-hybridized carbons (Fsp3) is 0.568. The van der Waals surface area contributed by atoms with E-state index < -0.39 is 73.1 Å². The molecule has 0 spiro atoms. The third-order valence-electron chi connectivity index (χ3n) is 8.52. The van der Waals surface area contributed by atoms with Gasteiger partial charge in [0.25, 0.3) is 0 Å². The van der Waals surface area contributed by atoms with Crippen molar-refractivity contribution < 1.29 is 109 Å². The quantitative estimate of drug-likeness (QED) is 0.0776. The molecule has 64 heavy (non-hydrogen) atoms. The van der Waals surface area contributed by atoms with Gasteiger partial charge in [0.1, 0.15) is 34.7 Å². The van der Waals surface area contributed by atoms with Gasteiger partial charge in [-0.3, -0.25) is 14.0 Å². The van der Waals surface area contributed by atoms with Crippen LogP contribution in [-0.4, -0.2) is 134 Å². The van der Waals surface area contributed by atoms with Gasteiger partial charge in [-0.25, -0.2) is 14.4 Å². The summed E-state index contributed by atoms with van der Waals surface area (Å²) in [7, 11) is -1.00. The van der Waals surface area contributed by atoms with Crippen molar-refractivity contribution in [3.63, 3.8) is 0 Å². The number of esters is 3. The molecule has 2 fully saturated rings. The second-order valence-corrected chi connectivity index (χ2v) is 17.3. The van der Waals surface area contributed by atoms with Crippen LogP contribution in [0.25, 0.3) is 11.1 Å². The van der Waals surface area contributed by atoms with Gasteiger partial charge in [0.15, 0.2) is 0 Å². The van der Waals surface area contributed by atoms with Crippen molar-refractivity contribution in [2.75, 3.05) is 33.3 Å². The Morgan fingerprint density at radius 1 is 0.766 bits per heavy atom. The number of urea groups is 2. The molecule has 20 nitrogen and oxygen atoms in total. The summed E-state index contributed by atoms with van der Waals surface area (Å²) in [6.07, 6.45) is -2.06. The van der Waals surface area contributed by atoms with Gasteiger partial charge < -0.3 is 43.0 Å². The molecule has 2 aromatic heterocycles. The molecule has 0 N–H and O–H groups in total. The monoisotopic (exact) mass is 1030 g/mol. The Hall–Kier alpha value is -4.78. The number of carbonyl (C=O) groups excluding carboxylic acids is 6. The average molecular weight is 1030 g/mol. The van der Waals surface area contributed by atoms with Crippen LogP contribution in [0.15, 0.2) is 46.1 Å². The van der Waals surface area contributed by atoms with Crippen LogP contribution in [0.1, 0.15) is 67.9 Å². The minimum atomic E-state index is -4.60. The molecule has 4 bridgehead atoms. The molecule has 4 amide bonds. The Morgan fingerprint density at radius 3 is 1.47 bits per heavy atom. The molecule has 0 aliphatic carbocycles. The molecule has 4 unspecified atom stereocenters. The Kier molecular flexibility index (Phi) is 18.8. The molecular formula is C37H45F5ILiN6O14. The van der Waals surface area contributed by atoms with Gasteiger partial charge in [-0.05, 0) is 82.2 Å². The van der Waals surface area contributed by atoms with Crippen molar-refractivity contribution in [2.24, 2.45) is 10.8 Å². The smallest absolute Gasteiger partial charge is 0.542 e. The molecular weight excluding hydrogens is 981 g/mol. The molecule has 4 aliphatic rings. The molecule has 0 aromatic carbocycles. The Bertz CT molecular complexity index is 2040. The van der Waals surface area contributed by atoms with E-state index in [1.54, 1.807) is 32.9 Å². The fourth-order valence-electron chi connectivity index (χ4n) is 5.45. The molecule has 350 valence electrons. The zero-order valence-corrected chi connectivity index (χ0v) is 38.1. The van der Waals surface area contributed by atoms with E-state index in [-0.39, 0.29) is 60.5 Å². The van der Waals surface area contributed by atoms with Crippen LogP contribution in [0.2, 0.25) is 0 Å². The number of amides is 4. The molecule has 27 heteroatoms. The van der Waals surface area contributed by atoms with E-state index in [0.29, 0.717) is 32.4 Å². The second kappa shape index (κ2) is 22.4. The van der Waals surface area contributed by atoms with Gasteiger partial charge in [-0.1, -0.05) is 22.5 Å². The summed E-state index contributed by atoms with van der Waals surface area (Å²) in [6, 6.07) is -3.46. The van der Waals surface area contributed by atoms with Crippen LogP contribution in [0.4, 0.5) is 31.5 Å². The van der Waals surface area contributed by atoms with Crippen molar-refractivity contribution in [3.8, 4) is 0 Å². The van der Waals surface area contributed by atoms with E-state index in [9.17, 15) is 55.8 Å². The summed E-state index contributed by atoms with van der Waals surface area (Å²) in [4.78, 5) is 80.5. The maximum Gasteiger partial charge on any atom is 1.00 e. The maximum atomic E-state index is 14.4. The maximum absolute atomic E-state index is 14.4. The van der Waals surface area contributed by atoms with Crippen molar-refractivity contribution in [1.29, 1.82) is 0 Å². The van der Waals surface area contributed by atoms with Crippen LogP contribution in [0, 0.1) is 10.8 Å². The second-order valence-electron chi connectivity index (χ2n) is 15.5. The molecule has 0 saturated carbocycles. The predicted molar refractivity (Wildman–Crippen MR) is 208 cm³/mol. The largest absolute Gasteiger partial charge is 1.00 e. The molecule has 4 aliphatic heterocycles. The van der Waals surface area contributed by atoms with Crippen LogP contribution in [0.3, 0.4) is 0 Å². The first-order chi connectivity index (χ1) is 29.5. The Balaban J connectivity index is 0.000000359. The first-order valence-electron chi connectivity index (χ1n) is 19.1. The average Bonchev–Trinajstić information content (AvgIpc) is 4.00. The summed E-state index contributed by atoms with van der Waals surface area (Å²) < 4.78 is 94.3. The fourth-order valence-corrected chi connectivity index (χ4v) is 5.68. The minimum absolute atomic E-state index is 0. The van der Waals surface area contributed by atoms with E-state index in [0.717, 1.165) is 6.92 Å². The number of rotatable bonds is 11. The summed E-state index contributed by atoms with van der Waals surface area (Å²) in [5.41, 5.74) is 0.691. The molecule has 4 atom stereocenters. The van der Waals surface area contributed by atoms with Gasteiger partial charge in [0, 0.05) is 31.1 Å². The summed E-state index contributed by atoms with van der Waals surface area (Å²) in [5, 5.41) is 18.2. The van der Waals surface area contributed by atoms with Crippen LogP contribution in [-0.2, 0) is 43.1 Å². The number of hydroxylamine groups is 4. The normalized spacial score (nSPS) is 19.1. The van der Waals surface area contributed by atoms with Gasteiger partial charge in [-0.15, -0.1) is 0 Å². The van der Waals surface area contributed by atoms with E-state index in [4.69, 9.17) is 15.4 Å². The third kappa shape index (κ3) is 14.1. The number of nitrogens with zero attached hydrogens (tertiary/aromatic N) is 6. The standard InChI is InChI=1S/C18H21F2N3O7.C11H9F2N3O5.C7H13IO2.CH3F.Li/c1-10(28-14(24)17(2,3)4)29-15(25)18(19,20)30-23-13-8-22(16(23)26)6-5-12(13)11-7-21-27-9-11;12-11(13,9(17)18)21-16-8-4-15(10(16)19)2-1-7(8)6-3-14-20-5-6;1-5(8)10-6(9)7(2,3)4;1-2;/h5,7,9-10,13H,6,8H2,1-4H3;1,3,5,8H,2,4H2,(H,17,18);5H,1-4H3;1H3;/q;;;;+1/p-1/i;;;1D;. The minimum Gasteiger partial charge on any atom is -0.542 e. The van der Waals surface area contributed by atoms with Crippen molar-refractivity contribution in [3.05, 3.63) is 48.2 Å². The number of carboxylic acids is 1. The number of carbonyl (C=O) groups is 6. The van der Waals surface area contributed by atoms with Gasteiger partial charge >= 0.3 is 61.0 Å². The number of aliphatic carboxylic acids is 1. The first-order valence-corrected chi connectivity index (χ1v) is 19.6. The zero-order valence-electron chi connectivity index (χ0n) is 37.0. The summed E-state index contributed by atoms with van der Waals surface area (Å²) >= 11 is 2.05. The van der Waals surface area contributed by atoms with Gasteiger partial charge in [-0.2, -0.15) is 37.4 Å². The predicted octanol–water partition coefficient (Wildman–Crippen LogP) is 1.58. The van der Waals surface area contributed by atoms with Crippen molar-refractivity contribution in [2.45, 2.75) is 90.1 Å². The Morgan fingerprint density at radius 2 is 1.14 bits per heavy atom. The number of aromatic nitrogens is 2. The SMILES string of the molecule is CC(I)OC(=O)C(C)(C)C.CC(OC(=O)C(C)(C)C)OC(=O)C(F)(F)ON1C(=O)N2CC=C(c3cnoc3)C1C2.O=C1N2CC=C(c3cnoc3)C(C2)N1OC(F)(F)C(=O)[O-].[2H]CF.[Li+]. The zero-order chi connectivity index (χ0) is 48.5. The van der Waals surface area contributed by atoms with Gasteiger partial charge in [0.05, 0.1) is 44.8 Å². The number of fused-ring (bicyclic) bond motifs is 4. The van der Waals surface area contributed by atoms with Crippen LogP contribution >= 0.6 is 22.6 Å². The number of alkyl halides is 6. The van der Waals surface area contributed by atoms with E-state index in [1.807, 2.05) is 27.7 Å². The topological polar surface area (TPSA) is 237 Å². The number of carboxylic acid groups (broad SMARTS) is 1. The molecule has 6 rings (SSSR count). The van der Waals surface area contributed by atoms with Crippen molar-refractivity contribution in [1.82, 2.24) is 30.2 Å². The van der Waals surface area contributed by atoms with E-state index in [1.165, 1.54) is 34.7 Å². The third-order valence-corrected chi connectivity index (χ3v) is 8.78. The molecule has 2 aromatic rings. The van der Waals surface area contributed by atoms with Crippen molar-refractivity contribution >= 4 is 69.7 Å². The van der Waals surface area contributed by atoms with Crippen LogP contribution < -0.4 is 24.0 Å². The number of ether oxygens (including phenoxy) is 3. The number of hydrogen-bond acceptors (Lipinski definition) is 16. The summed E-state index contributed by atoms with van der Waals surface area (Å²) in [5.74, 6) is -5.71. The first kappa shape index (κ1) is 53.6. The Labute approximate surface area is 389 Å².